The molecule has 23 heavy (non-hydrogen) atoms. The van der Waals surface area contributed by atoms with Crippen LogP contribution in [0.2, 0.25) is 0 Å². The minimum absolute atomic E-state index is 0.0469. The van der Waals surface area contributed by atoms with Gasteiger partial charge in [0, 0.05) is 17.6 Å². The fourth-order valence-corrected chi connectivity index (χ4v) is 3.13. The van der Waals surface area contributed by atoms with Gasteiger partial charge in [-0.25, -0.2) is 0 Å². The van der Waals surface area contributed by atoms with Crippen molar-refractivity contribution in [2.24, 2.45) is 0 Å². The largest absolute Gasteiger partial charge is 0.484 e. The van der Waals surface area contributed by atoms with E-state index in [0.717, 1.165) is 18.4 Å². The molecule has 6 nitrogen and oxygen atoms in total. The normalized spacial score (nSPS) is 21.2. The number of amides is 1. The third kappa shape index (κ3) is 3.52. The quantitative estimate of drug-likeness (QED) is 0.867. The minimum atomic E-state index is 0.0469. The molecule has 1 aliphatic rings. The summed E-state index contributed by atoms with van der Waals surface area (Å²) in [5.74, 6) is 1.16. The molecular weight excluding hydrogens is 294 g/mol. The highest BCUT2D eigenvalue weighted by Gasteiger charge is 2.28. The van der Waals surface area contributed by atoms with Crippen LogP contribution in [-0.2, 0) is 4.79 Å². The van der Waals surface area contributed by atoms with Gasteiger partial charge in [-0.1, -0.05) is 0 Å². The van der Waals surface area contributed by atoms with Crippen LogP contribution in [0.15, 0.2) is 35.1 Å². The van der Waals surface area contributed by atoms with E-state index in [0.29, 0.717) is 11.6 Å². The summed E-state index contributed by atoms with van der Waals surface area (Å²) >= 11 is 0. The first-order chi connectivity index (χ1) is 11.1. The van der Waals surface area contributed by atoms with Crippen LogP contribution in [0, 0.1) is 0 Å². The summed E-state index contributed by atoms with van der Waals surface area (Å²) in [5.41, 5.74) is 0.819. The summed E-state index contributed by atoms with van der Waals surface area (Å²) < 4.78 is 10.8. The Labute approximate surface area is 135 Å². The molecule has 6 heteroatoms. The monoisotopic (exact) mass is 315 g/mol. The molecule has 1 fully saturated rings. The Kier molecular flexibility index (Phi) is 4.60. The molecule has 1 aromatic carbocycles. The smallest absolute Gasteiger partial charge is 0.260 e. The van der Waals surface area contributed by atoms with Crippen molar-refractivity contribution >= 4 is 5.91 Å². The van der Waals surface area contributed by atoms with Gasteiger partial charge >= 0.3 is 0 Å². The predicted octanol–water partition coefficient (Wildman–Crippen LogP) is 2.90. The molecule has 2 aromatic rings. The second-order valence-electron chi connectivity index (χ2n) is 5.99. The first-order valence-corrected chi connectivity index (χ1v) is 7.95. The number of carbonyl (C=O) groups is 1. The molecule has 0 saturated carbocycles. The zero-order valence-electron chi connectivity index (χ0n) is 13.4. The lowest BCUT2D eigenvalue weighted by Crippen LogP contribution is -2.49. The molecule has 3 rings (SSSR count). The van der Waals surface area contributed by atoms with Crippen molar-refractivity contribution in [2.45, 2.75) is 45.2 Å². The summed E-state index contributed by atoms with van der Waals surface area (Å²) in [5, 5.41) is 7.50. The van der Waals surface area contributed by atoms with Gasteiger partial charge in [-0.05, 0) is 57.4 Å². The van der Waals surface area contributed by atoms with Gasteiger partial charge in [0.25, 0.3) is 5.91 Å². The molecule has 1 aromatic heterocycles. The third-order valence-electron chi connectivity index (χ3n) is 4.31. The van der Waals surface area contributed by atoms with E-state index >= 15 is 0 Å². The van der Waals surface area contributed by atoms with E-state index in [1.807, 2.05) is 17.0 Å². The molecule has 1 amide bonds. The van der Waals surface area contributed by atoms with Crippen LogP contribution >= 0.6 is 0 Å². The number of piperidine rings is 1. The Morgan fingerprint density at radius 2 is 1.96 bits per heavy atom. The number of likely N-dealkylation sites (tertiary alicyclic amines) is 1. The van der Waals surface area contributed by atoms with E-state index < -0.39 is 0 Å². The summed E-state index contributed by atoms with van der Waals surface area (Å²) in [7, 11) is 0. The number of nitrogens with zero attached hydrogens (tertiary/aromatic N) is 3. The van der Waals surface area contributed by atoms with Gasteiger partial charge in [-0.2, -0.15) is 0 Å². The Bertz CT molecular complexity index is 630. The minimum Gasteiger partial charge on any atom is -0.484 e. The van der Waals surface area contributed by atoms with Crippen LogP contribution in [0.3, 0.4) is 0 Å². The number of benzene rings is 1. The van der Waals surface area contributed by atoms with Crippen molar-refractivity contribution in [3.05, 3.63) is 30.7 Å². The first kappa shape index (κ1) is 15.5. The molecule has 1 aliphatic heterocycles. The van der Waals surface area contributed by atoms with Gasteiger partial charge in [-0.15, -0.1) is 10.2 Å². The van der Waals surface area contributed by atoms with Crippen molar-refractivity contribution in [3.63, 3.8) is 0 Å². The van der Waals surface area contributed by atoms with E-state index in [9.17, 15) is 4.79 Å². The standard InChI is InChI=1S/C17H21N3O3/c1-12-4-3-5-13(2)20(12)16(21)10-22-15-8-6-14(7-9-15)17-19-18-11-23-17/h6-9,11-13H,3-5,10H2,1-2H3/t12-,13-/m0/s1. The lowest BCUT2D eigenvalue weighted by atomic mass is 9.97. The van der Waals surface area contributed by atoms with E-state index in [2.05, 4.69) is 24.0 Å². The molecule has 0 aliphatic carbocycles. The zero-order valence-corrected chi connectivity index (χ0v) is 13.4. The number of hydrogen-bond donors (Lipinski definition) is 0. The van der Waals surface area contributed by atoms with Crippen LogP contribution in [0.25, 0.3) is 11.5 Å². The fourth-order valence-electron chi connectivity index (χ4n) is 3.13. The molecule has 0 bridgehead atoms. The fraction of sp³-hybridized carbons (Fsp3) is 0.471. The van der Waals surface area contributed by atoms with Crippen LogP contribution in [0.1, 0.15) is 33.1 Å². The first-order valence-electron chi connectivity index (χ1n) is 7.95. The number of rotatable bonds is 4. The van der Waals surface area contributed by atoms with E-state index in [1.165, 1.54) is 12.8 Å². The number of carbonyl (C=O) groups excluding carboxylic acids is 1. The third-order valence-corrected chi connectivity index (χ3v) is 4.31. The molecule has 0 unspecified atom stereocenters. The van der Waals surface area contributed by atoms with Gasteiger partial charge in [0.1, 0.15) is 5.75 Å². The van der Waals surface area contributed by atoms with E-state index in [1.54, 1.807) is 12.1 Å². The molecule has 122 valence electrons. The average Bonchev–Trinajstić information content (AvgIpc) is 3.08. The maximum absolute atomic E-state index is 12.4. The van der Waals surface area contributed by atoms with E-state index in [-0.39, 0.29) is 24.6 Å². The molecule has 2 atom stereocenters. The highest BCUT2D eigenvalue weighted by atomic mass is 16.5. The number of hydrogen-bond acceptors (Lipinski definition) is 5. The molecule has 0 spiro atoms. The van der Waals surface area contributed by atoms with Crippen LogP contribution < -0.4 is 4.74 Å². The predicted molar refractivity (Wildman–Crippen MR) is 84.9 cm³/mol. The van der Waals surface area contributed by atoms with Gasteiger partial charge in [0.05, 0.1) is 0 Å². The number of ether oxygens (including phenoxy) is 1. The lowest BCUT2D eigenvalue weighted by molar-refractivity contribution is -0.139. The summed E-state index contributed by atoms with van der Waals surface area (Å²) in [6, 6.07) is 7.84. The van der Waals surface area contributed by atoms with Gasteiger partial charge in [0.15, 0.2) is 6.61 Å². The van der Waals surface area contributed by atoms with E-state index in [4.69, 9.17) is 9.15 Å². The SMILES string of the molecule is C[C@H]1CCC[C@H](C)N1C(=O)COc1ccc(-c2nnco2)cc1. The average molecular weight is 315 g/mol. The Morgan fingerprint density at radius 1 is 1.26 bits per heavy atom. The second-order valence-corrected chi connectivity index (χ2v) is 5.99. The molecular formula is C17H21N3O3. The van der Waals surface area contributed by atoms with Gasteiger partial charge < -0.3 is 14.1 Å². The van der Waals surface area contributed by atoms with Crippen molar-refractivity contribution in [2.75, 3.05) is 6.61 Å². The highest BCUT2D eigenvalue weighted by molar-refractivity contribution is 5.78. The summed E-state index contributed by atoms with van der Waals surface area (Å²) in [6.45, 7) is 4.27. The van der Waals surface area contributed by atoms with Crippen molar-refractivity contribution in [3.8, 4) is 17.2 Å². The lowest BCUT2D eigenvalue weighted by Gasteiger charge is -2.38. The van der Waals surface area contributed by atoms with Crippen LogP contribution in [0.4, 0.5) is 0 Å². The Morgan fingerprint density at radius 3 is 2.57 bits per heavy atom. The van der Waals surface area contributed by atoms with Crippen molar-refractivity contribution in [1.29, 1.82) is 0 Å². The second kappa shape index (κ2) is 6.81. The number of aromatic nitrogens is 2. The molecule has 0 radical (unpaired) electrons. The molecule has 0 N–H and O–H groups in total. The Balaban J connectivity index is 1.58. The zero-order chi connectivity index (χ0) is 16.2. The highest BCUT2D eigenvalue weighted by Crippen LogP contribution is 2.23. The molecule has 2 heterocycles. The summed E-state index contributed by atoms with van der Waals surface area (Å²) in [4.78, 5) is 14.4. The van der Waals surface area contributed by atoms with Crippen LogP contribution in [-0.4, -0.2) is 39.7 Å². The van der Waals surface area contributed by atoms with Crippen molar-refractivity contribution in [1.82, 2.24) is 15.1 Å². The van der Waals surface area contributed by atoms with Crippen molar-refractivity contribution < 1.29 is 13.9 Å². The maximum atomic E-state index is 12.4. The maximum Gasteiger partial charge on any atom is 0.260 e. The summed E-state index contributed by atoms with van der Waals surface area (Å²) in [6.07, 6.45) is 4.60. The Hall–Kier alpha value is -2.37. The molecule has 1 saturated heterocycles. The van der Waals surface area contributed by atoms with Gasteiger partial charge in [-0.3, -0.25) is 4.79 Å². The topological polar surface area (TPSA) is 68.5 Å². The van der Waals surface area contributed by atoms with Crippen LogP contribution in [0.5, 0.6) is 5.75 Å². The van der Waals surface area contributed by atoms with Gasteiger partial charge in [0.2, 0.25) is 12.3 Å².